The molecule has 9 nitrogen and oxygen atoms in total. The molecule has 0 bridgehead atoms. The van der Waals surface area contributed by atoms with Crippen molar-refractivity contribution in [2.24, 2.45) is 0 Å². The summed E-state index contributed by atoms with van der Waals surface area (Å²) in [5.41, 5.74) is 0.806. The Morgan fingerprint density at radius 2 is 1.95 bits per heavy atom. The van der Waals surface area contributed by atoms with Crippen LogP contribution in [0, 0.1) is 0 Å². The number of anilines is 2. The fourth-order valence-corrected chi connectivity index (χ4v) is 5.56. The zero-order chi connectivity index (χ0) is 26.9. The van der Waals surface area contributed by atoms with Gasteiger partial charge in [0.2, 0.25) is 11.9 Å². The second kappa shape index (κ2) is 11.4. The first-order valence-electron chi connectivity index (χ1n) is 12.0. The van der Waals surface area contributed by atoms with Crippen molar-refractivity contribution in [1.29, 1.82) is 0 Å². The minimum absolute atomic E-state index is 0.0334. The van der Waals surface area contributed by atoms with Gasteiger partial charge >= 0.3 is 6.09 Å². The molecule has 5 atom stereocenters. The Labute approximate surface area is 229 Å². The second-order valence-corrected chi connectivity index (χ2v) is 10.6. The number of carbonyl (C=O) groups is 2. The van der Waals surface area contributed by atoms with E-state index in [2.05, 4.69) is 20.6 Å². The first kappa shape index (κ1) is 27.5. The van der Waals surface area contributed by atoms with Crippen molar-refractivity contribution in [1.82, 2.24) is 20.2 Å². The first-order chi connectivity index (χ1) is 17.5. The summed E-state index contributed by atoms with van der Waals surface area (Å²) in [7, 11) is 0. The van der Waals surface area contributed by atoms with Gasteiger partial charge in [0.05, 0.1) is 24.8 Å². The Bertz CT molecular complexity index is 1170. The van der Waals surface area contributed by atoms with Crippen LogP contribution in [0.15, 0.2) is 24.4 Å². The van der Waals surface area contributed by atoms with E-state index < -0.39 is 30.3 Å². The molecule has 2 amide bonds. The van der Waals surface area contributed by atoms with Crippen LogP contribution in [0.4, 0.5) is 21.0 Å². The fraction of sp³-hybridized carbons (Fsp3) is 0.500. The van der Waals surface area contributed by atoms with Crippen LogP contribution in [0.2, 0.25) is 15.1 Å². The van der Waals surface area contributed by atoms with Gasteiger partial charge in [-0.2, -0.15) is 4.98 Å². The number of aromatic nitrogens is 2. The van der Waals surface area contributed by atoms with Crippen LogP contribution in [-0.2, 0) is 4.79 Å². The predicted octanol–water partition coefficient (Wildman–Crippen LogP) is 5.17. The summed E-state index contributed by atoms with van der Waals surface area (Å²) in [6, 6.07) is 3.18. The highest BCUT2D eigenvalue weighted by atomic mass is 35.5. The van der Waals surface area contributed by atoms with Gasteiger partial charge < -0.3 is 20.6 Å². The number of halogens is 4. The molecule has 1 unspecified atom stereocenters. The van der Waals surface area contributed by atoms with Crippen molar-refractivity contribution in [2.75, 3.05) is 23.3 Å². The number of rotatable bonds is 6. The van der Waals surface area contributed by atoms with Gasteiger partial charge in [0.15, 0.2) is 5.82 Å². The predicted molar refractivity (Wildman–Crippen MR) is 142 cm³/mol. The fourth-order valence-electron chi connectivity index (χ4n) is 4.84. The van der Waals surface area contributed by atoms with Crippen molar-refractivity contribution >= 4 is 58.6 Å². The van der Waals surface area contributed by atoms with E-state index >= 15 is 4.39 Å². The van der Waals surface area contributed by atoms with E-state index in [0.29, 0.717) is 52.6 Å². The van der Waals surface area contributed by atoms with E-state index in [4.69, 9.17) is 34.8 Å². The molecule has 13 heteroatoms. The molecule has 1 aromatic carbocycles. The Kier molecular flexibility index (Phi) is 8.50. The van der Waals surface area contributed by atoms with Crippen LogP contribution < -0.4 is 15.5 Å². The van der Waals surface area contributed by atoms with Crippen LogP contribution >= 0.6 is 34.8 Å². The number of amides is 2. The molecule has 200 valence electrons. The number of carbonyl (C=O) groups excluding carboxylic acids is 1. The summed E-state index contributed by atoms with van der Waals surface area (Å²) in [4.78, 5) is 35.9. The third kappa shape index (κ3) is 6.13. The minimum atomic E-state index is -1.39. The third-order valence-electron chi connectivity index (χ3n) is 6.86. The number of piperidine rings is 1. The lowest BCUT2D eigenvalue weighted by Crippen LogP contribution is -2.56. The largest absolute Gasteiger partial charge is 0.465 e. The molecule has 3 heterocycles. The minimum Gasteiger partial charge on any atom is -0.465 e. The van der Waals surface area contributed by atoms with E-state index in [9.17, 15) is 14.7 Å². The average Bonchev–Trinajstić information content (AvgIpc) is 3.23. The smallest absolute Gasteiger partial charge is 0.408 e. The summed E-state index contributed by atoms with van der Waals surface area (Å²) >= 11 is 18.6. The van der Waals surface area contributed by atoms with Crippen LogP contribution in [0.1, 0.15) is 44.7 Å². The maximum absolute atomic E-state index is 15.1. The topological polar surface area (TPSA) is 111 Å². The lowest BCUT2D eigenvalue weighted by atomic mass is 10.0. The zero-order valence-corrected chi connectivity index (χ0v) is 22.6. The molecule has 37 heavy (non-hydrogen) atoms. The molecule has 2 saturated heterocycles. The number of carboxylic acid groups (broad SMARTS) is 1. The van der Waals surface area contributed by atoms with Gasteiger partial charge in [-0.1, -0.05) is 40.9 Å². The van der Waals surface area contributed by atoms with Gasteiger partial charge in [0, 0.05) is 22.6 Å². The number of benzene rings is 1. The standard InChI is InChI=1S/C24H28Cl3FN6O3/c1-12-3-6-20(34(12)24(36)37)22(35)31-19-7-8-33(11-18(19)28)23-29-10-17(27)21(32-23)30-13(2)15-5-4-14(25)9-16(15)26/h4-5,9-10,12-13,18-20H,3,6-8,11H2,1-2H3,(H,31,35)(H,36,37)(H,29,30,32)/t12-,13?,18-,19-,20+/m0/s1. The molecular weight excluding hydrogens is 546 g/mol. The molecule has 0 spiro atoms. The Hall–Kier alpha value is -2.56. The van der Waals surface area contributed by atoms with Crippen molar-refractivity contribution in [2.45, 2.75) is 63.4 Å². The molecule has 0 aliphatic carbocycles. The van der Waals surface area contributed by atoms with Gasteiger partial charge in [-0.05, 0) is 50.8 Å². The number of likely N-dealkylation sites (tertiary alicyclic amines) is 1. The van der Waals surface area contributed by atoms with Crippen LogP contribution in [0.25, 0.3) is 0 Å². The summed E-state index contributed by atoms with van der Waals surface area (Å²) in [5.74, 6) is 0.215. The lowest BCUT2D eigenvalue weighted by Gasteiger charge is -2.36. The van der Waals surface area contributed by atoms with Gasteiger partial charge in [-0.15, -0.1) is 0 Å². The molecule has 1 aromatic heterocycles. The molecule has 2 aliphatic heterocycles. The molecule has 3 N–H and O–H groups in total. The SMILES string of the molecule is CC(Nc1nc(N2CC[C@H](NC(=O)[C@H]3CC[C@H](C)N3C(=O)O)[C@@H](F)C2)ncc1Cl)c1ccc(Cl)cc1Cl. The molecule has 2 aromatic rings. The number of nitrogens with zero attached hydrogens (tertiary/aromatic N) is 4. The van der Waals surface area contributed by atoms with Crippen molar-refractivity contribution in [3.05, 3.63) is 45.0 Å². The van der Waals surface area contributed by atoms with E-state index in [1.54, 1.807) is 24.0 Å². The molecule has 0 radical (unpaired) electrons. The first-order valence-corrected chi connectivity index (χ1v) is 13.1. The van der Waals surface area contributed by atoms with Crippen LogP contribution in [0.3, 0.4) is 0 Å². The maximum atomic E-state index is 15.1. The van der Waals surface area contributed by atoms with Crippen molar-refractivity contribution < 1.29 is 19.1 Å². The van der Waals surface area contributed by atoms with Crippen LogP contribution in [0.5, 0.6) is 0 Å². The Morgan fingerprint density at radius 1 is 1.19 bits per heavy atom. The van der Waals surface area contributed by atoms with E-state index in [1.807, 2.05) is 13.0 Å². The van der Waals surface area contributed by atoms with Gasteiger partial charge in [0.25, 0.3) is 0 Å². The number of hydrogen-bond acceptors (Lipinski definition) is 6. The molecule has 4 rings (SSSR count). The quantitative estimate of drug-likeness (QED) is 0.437. The van der Waals surface area contributed by atoms with Gasteiger partial charge in [-0.3, -0.25) is 9.69 Å². The number of alkyl halides is 1. The third-order valence-corrected chi connectivity index (χ3v) is 7.70. The van der Waals surface area contributed by atoms with Gasteiger partial charge in [-0.25, -0.2) is 14.2 Å². The zero-order valence-electron chi connectivity index (χ0n) is 20.3. The molecule has 2 aliphatic rings. The number of nitrogens with one attached hydrogen (secondary N) is 2. The van der Waals surface area contributed by atoms with E-state index in [1.165, 1.54) is 6.20 Å². The van der Waals surface area contributed by atoms with E-state index in [-0.39, 0.29) is 18.6 Å². The molecular formula is C24H28Cl3FN6O3. The molecule has 2 fully saturated rings. The second-order valence-electron chi connectivity index (χ2n) is 9.40. The van der Waals surface area contributed by atoms with Crippen molar-refractivity contribution in [3.8, 4) is 0 Å². The Balaban J connectivity index is 1.40. The normalized spacial score (nSPS) is 24.6. The highest BCUT2D eigenvalue weighted by molar-refractivity contribution is 6.35. The summed E-state index contributed by atoms with van der Waals surface area (Å²) < 4.78 is 15.1. The monoisotopic (exact) mass is 572 g/mol. The maximum Gasteiger partial charge on any atom is 0.408 e. The highest BCUT2D eigenvalue weighted by Crippen LogP contribution is 2.31. The van der Waals surface area contributed by atoms with Crippen LogP contribution in [-0.4, -0.2) is 69.4 Å². The average molecular weight is 574 g/mol. The van der Waals surface area contributed by atoms with E-state index in [0.717, 1.165) is 10.5 Å². The Morgan fingerprint density at radius 3 is 2.62 bits per heavy atom. The van der Waals surface area contributed by atoms with Crippen molar-refractivity contribution in [3.63, 3.8) is 0 Å². The van der Waals surface area contributed by atoms with Gasteiger partial charge in [0.1, 0.15) is 17.2 Å². The number of hydrogen-bond donors (Lipinski definition) is 3. The summed E-state index contributed by atoms with van der Waals surface area (Å²) in [6.07, 6.45) is 0.239. The highest BCUT2D eigenvalue weighted by Gasteiger charge is 2.41. The lowest BCUT2D eigenvalue weighted by molar-refractivity contribution is -0.126. The molecule has 0 saturated carbocycles. The summed E-state index contributed by atoms with van der Waals surface area (Å²) in [6.45, 7) is 4.02. The summed E-state index contributed by atoms with van der Waals surface area (Å²) in [5, 5.41) is 16.7.